The lowest BCUT2D eigenvalue weighted by molar-refractivity contribution is -0.117. The van der Waals surface area contributed by atoms with Gasteiger partial charge in [0.25, 0.3) is 0 Å². The van der Waals surface area contributed by atoms with Crippen molar-refractivity contribution in [1.29, 1.82) is 0 Å². The van der Waals surface area contributed by atoms with Crippen LogP contribution in [0, 0.1) is 0 Å². The van der Waals surface area contributed by atoms with Gasteiger partial charge < -0.3 is 5.32 Å². The zero-order valence-electron chi connectivity index (χ0n) is 13.1. The summed E-state index contributed by atoms with van der Waals surface area (Å²) in [5, 5.41) is 4.96. The highest BCUT2D eigenvalue weighted by atomic mass is 32.1. The van der Waals surface area contributed by atoms with E-state index in [0.29, 0.717) is 23.8 Å². The molecule has 0 radical (unpaired) electrons. The molecule has 0 aliphatic carbocycles. The smallest absolute Gasteiger partial charge is 0.238 e. The number of hydrogen-bond acceptors (Lipinski definition) is 4. The normalized spacial score (nSPS) is 18.0. The number of nitrogens with zero attached hydrogens (tertiary/aromatic N) is 1. The lowest BCUT2D eigenvalue weighted by Gasteiger charge is -2.23. The molecule has 1 fully saturated rings. The Kier molecular flexibility index (Phi) is 4.88. The summed E-state index contributed by atoms with van der Waals surface area (Å²) < 4.78 is 0. The highest BCUT2D eigenvalue weighted by Crippen LogP contribution is 2.34. The van der Waals surface area contributed by atoms with Gasteiger partial charge in [-0.1, -0.05) is 18.2 Å². The number of anilines is 1. The molecule has 0 unspecified atom stereocenters. The number of nitrogens with one attached hydrogen (secondary N) is 1. The van der Waals surface area contributed by atoms with Crippen LogP contribution in [0.4, 0.5) is 5.69 Å². The van der Waals surface area contributed by atoms with E-state index < -0.39 is 0 Å². The van der Waals surface area contributed by atoms with Gasteiger partial charge in [-0.25, -0.2) is 0 Å². The Morgan fingerprint density at radius 3 is 2.83 bits per heavy atom. The molecule has 0 bridgehead atoms. The Morgan fingerprint density at radius 1 is 1.26 bits per heavy atom. The van der Waals surface area contributed by atoms with Gasteiger partial charge >= 0.3 is 0 Å². The van der Waals surface area contributed by atoms with E-state index in [1.165, 1.54) is 11.8 Å². The number of para-hydroxylation sites is 1. The van der Waals surface area contributed by atoms with Crippen molar-refractivity contribution < 1.29 is 9.59 Å². The van der Waals surface area contributed by atoms with Crippen LogP contribution in [-0.2, 0) is 4.79 Å². The second kappa shape index (κ2) is 7.06. The molecule has 1 N–H and O–H groups in total. The molecular weight excluding hydrogens is 308 g/mol. The van der Waals surface area contributed by atoms with Crippen molar-refractivity contribution in [1.82, 2.24) is 4.90 Å². The van der Waals surface area contributed by atoms with Gasteiger partial charge in [-0.15, -0.1) is 11.3 Å². The summed E-state index contributed by atoms with van der Waals surface area (Å²) in [6.07, 6.45) is 2.21. The number of rotatable bonds is 5. The minimum atomic E-state index is -0.0674. The first-order chi connectivity index (χ1) is 11.1. The molecule has 1 aliphatic rings. The minimum Gasteiger partial charge on any atom is -0.324 e. The molecule has 2 heterocycles. The number of Topliss-reactive ketones (excluding diaryl/α,β-unsaturated/α-hetero) is 1. The van der Waals surface area contributed by atoms with E-state index in [4.69, 9.17) is 0 Å². The first-order valence-electron chi connectivity index (χ1n) is 7.82. The standard InChI is InChI=1S/C18H20N2O2S/c1-13(21)14-6-2-3-7-15(14)19-18(22)12-20-10-4-8-16(20)17-9-5-11-23-17/h2-3,5-7,9,11,16H,4,8,10,12H2,1H3,(H,19,22)/t16-/m0/s1. The monoisotopic (exact) mass is 328 g/mol. The fraction of sp³-hybridized carbons (Fsp3) is 0.333. The highest BCUT2D eigenvalue weighted by molar-refractivity contribution is 7.10. The molecule has 0 spiro atoms. The first kappa shape index (κ1) is 15.9. The van der Waals surface area contributed by atoms with Gasteiger partial charge in [0, 0.05) is 16.5 Å². The molecule has 1 saturated heterocycles. The molecule has 3 rings (SSSR count). The van der Waals surface area contributed by atoms with Gasteiger partial charge in [-0.2, -0.15) is 0 Å². The number of carbonyl (C=O) groups is 2. The molecule has 1 aromatic carbocycles. The van der Waals surface area contributed by atoms with Gasteiger partial charge in [-0.05, 0) is 49.9 Å². The predicted octanol–water partition coefficient (Wildman–Crippen LogP) is 3.73. The lowest BCUT2D eigenvalue weighted by Crippen LogP contribution is -2.33. The van der Waals surface area contributed by atoms with Gasteiger partial charge in [0.1, 0.15) is 0 Å². The second-order valence-electron chi connectivity index (χ2n) is 5.79. The van der Waals surface area contributed by atoms with E-state index in [0.717, 1.165) is 19.4 Å². The second-order valence-corrected chi connectivity index (χ2v) is 6.77. The zero-order chi connectivity index (χ0) is 16.2. The molecule has 4 nitrogen and oxygen atoms in total. The summed E-state index contributed by atoms with van der Waals surface area (Å²) >= 11 is 1.74. The molecule has 1 atom stereocenters. The molecule has 23 heavy (non-hydrogen) atoms. The molecule has 1 aromatic heterocycles. The molecule has 2 aromatic rings. The number of hydrogen-bond donors (Lipinski definition) is 1. The van der Waals surface area contributed by atoms with Crippen LogP contribution < -0.4 is 5.32 Å². The summed E-state index contributed by atoms with van der Waals surface area (Å²) in [4.78, 5) is 27.6. The Hall–Kier alpha value is -1.98. The van der Waals surface area contributed by atoms with Crippen LogP contribution in [-0.4, -0.2) is 29.7 Å². The Bertz CT molecular complexity index is 697. The number of likely N-dealkylation sites (tertiary alicyclic amines) is 1. The third kappa shape index (κ3) is 3.68. The SMILES string of the molecule is CC(=O)c1ccccc1NC(=O)CN1CCC[C@H]1c1cccs1. The first-order valence-corrected chi connectivity index (χ1v) is 8.70. The molecule has 120 valence electrons. The summed E-state index contributed by atoms with van der Waals surface area (Å²) in [5.41, 5.74) is 1.15. The van der Waals surface area contributed by atoms with Crippen molar-refractivity contribution >= 4 is 28.7 Å². The quantitative estimate of drug-likeness (QED) is 0.851. The van der Waals surface area contributed by atoms with Crippen molar-refractivity contribution in [3.63, 3.8) is 0 Å². The Morgan fingerprint density at radius 2 is 2.09 bits per heavy atom. The van der Waals surface area contributed by atoms with Crippen molar-refractivity contribution in [2.75, 3.05) is 18.4 Å². The molecule has 0 saturated carbocycles. The number of benzene rings is 1. The Labute approximate surface area is 140 Å². The summed E-state index contributed by atoms with van der Waals surface area (Å²) in [5.74, 6) is -0.110. The molecule has 5 heteroatoms. The van der Waals surface area contributed by atoms with Crippen molar-refractivity contribution in [3.8, 4) is 0 Å². The fourth-order valence-corrected chi connectivity index (χ4v) is 3.99. The predicted molar refractivity (Wildman–Crippen MR) is 92.9 cm³/mol. The maximum absolute atomic E-state index is 12.4. The van der Waals surface area contributed by atoms with Crippen LogP contribution in [0.3, 0.4) is 0 Å². The number of thiophene rings is 1. The molecular formula is C18H20N2O2S. The van der Waals surface area contributed by atoms with E-state index >= 15 is 0 Å². The van der Waals surface area contributed by atoms with E-state index in [2.05, 4.69) is 27.7 Å². The molecule has 1 aliphatic heterocycles. The van der Waals surface area contributed by atoms with Crippen LogP contribution in [0.15, 0.2) is 41.8 Å². The third-order valence-electron chi connectivity index (χ3n) is 4.16. The van der Waals surface area contributed by atoms with Crippen LogP contribution in [0.2, 0.25) is 0 Å². The summed E-state index contributed by atoms with van der Waals surface area (Å²) in [6.45, 7) is 2.80. The van der Waals surface area contributed by atoms with Crippen LogP contribution in [0.25, 0.3) is 0 Å². The van der Waals surface area contributed by atoms with Crippen LogP contribution >= 0.6 is 11.3 Å². The maximum atomic E-state index is 12.4. The molecule has 1 amide bonds. The topological polar surface area (TPSA) is 49.4 Å². The largest absolute Gasteiger partial charge is 0.324 e. The van der Waals surface area contributed by atoms with Gasteiger partial charge in [-0.3, -0.25) is 14.5 Å². The van der Waals surface area contributed by atoms with Gasteiger partial charge in [0.15, 0.2) is 5.78 Å². The number of carbonyl (C=O) groups excluding carboxylic acids is 2. The van der Waals surface area contributed by atoms with Gasteiger partial charge in [0.05, 0.1) is 12.2 Å². The van der Waals surface area contributed by atoms with Crippen LogP contribution in [0.5, 0.6) is 0 Å². The summed E-state index contributed by atoms with van der Waals surface area (Å²) in [7, 11) is 0. The number of amides is 1. The minimum absolute atomic E-state index is 0.0430. The van der Waals surface area contributed by atoms with Crippen molar-refractivity contribution in [3.05, 3.63) is 52.2 Å². The van der Waals surface area contributed by atoms with Crippen LogP contribution in [0.1, 0.15) is 41.0 Å². The van der Waals surface area contributed by atoms with E-state index in [9.17, 15) is 9.59 Å². The van der Waals surface area contributed by atoms with E-state index in [1.807, 2.05) is 6.07 Å². The maximum Gasteiger partial charge on any atom is 0.238 e. The zero-order valence-corrected chi connectivity index (χ0v) is 13.9. The van der Waals surface area contributed by atoms with Crippen molar-refractivity contribution in [2.45, 2.75) is 25.8 Å². The lowest BCUT2D eigenvalue weighted by atomic mass is 10.1. The van der Waals surface area contributed by atoms with Crippen molar-refractivity contribution in [2.24, 2.45) is 0 Å². The fourth-order valence-electron chi connectivity index (χ4n) is 3.09. The van der Waals surface area contributed by atoms with Gasteiger partial charge in [0.2, 0.25) is 5.91 Å². The number of ketones is 1. The van der Waals surface area contributed by atoms with E-state index in [1.54, 1.807) is 29.5 Å². The third-order valence-corrected chi connectivity index (χ3v) is 5.14. The highest BCUT2D eigenvalue weighted by Gasteiger charge is 2.28. The van der Waals surface area contributed by atoms with E-state index in [-0.39, 0.29) is 11.7 Å². The summed E-state index contributed by atoms with van der Waals surface area (Å²) in [6, 6.07) is 11.7. The Balaban J connectivity index is 1.67. The average Bonchev–Trinajstić information content (AvgIpc) is 3.18. The average molecular weight is 328 g/mol.